The van der Waals surface area contributed by atoms with Crippen molar-refractivity contribution in [1.82, 2.24) is 9.62 Å². The van der Waals surface area contributed by atoms with Crippen LogP contribution in [0.25, 0.3) is 11.1 Å². The van der Waals surface area contributed by atoms with Gasteiger partial charge >= 0.3 is 5.51 Å². The minimum Gasteiger partial charge on any atom is -0.380 e. The van der Waals surface area contributed by atoms with E-state index in [9.17, 15) is 27.3 Å². The Kier molecular flexibility index (Phi) is 6.01. The van der Waals surface area contributed by atoms with Gasteiger partial charge in [-0.05, 0) is 50.1 Å². The van der Waals surface area contributed by atoms with Crippen molar-refractivity contribution in [3.05, 3.63) is 59.4 Å². The van der Waals surface area contributed by atoms with Gasteiger partial charge in [0, 0.05) is 20.9 Å². The molecule has 6 nitrogen and oxygen atoms in total. The summed E-state index contributed by atoms with van der Waals surface area (Å²) in [7, 11) is -5.27. The Morgan fingerprint density at radius 1 is 1.31 bits per heavy atom. The zero-order valence-corrected chi connectivity index (χ0v) is 19.7. The number of aliphatic hydroxyl groups is 1. The van der Waals surface area contributed by atoms with E-state index in [1.54, 1.807) is 30.3 Å². The highest BCUT2D eigenvalue weighted by molar-refractivity contribution is 7.91. The highest BCUT2D eigenvalue weighted by atomic mass is 32.2. The van der Waals surface area contributed by atoms with E-state index in [-0.39, 0.29) is 30.5 Å². The van der Waals surface area contributed by atoms with Crippen LogP contribution in [0.1, 0.15) is 39.5 Å². The fourth-order valence-corrected chi connectivity index (χ4v) is 5.39. The first kappa shape index (κ1) is 22.9. The number of benzene rings is 2. The maximum absolute atomic E-state index is 15.6. The van der Waals surface area contributed by atoms with E-state index in [1.165, 1.54) is 6.07 Å². The summed E-state index contributed by atoms with van der Waals surface area (Å²) in [5, 5.41) is 10.7. The number of carbonyl (C=O) groups is 1. The fourth-order valence-electron chi connectivity index (χ4n) is 4.55. The van der Waals surface area contributed by atoms with Gasteiger partial charge in [0.05, 0.1) is 6.04 Å². The molecule has 0 radical (unpaired) electrons. The zero-order valence-electron chi connectivity index (χ0n) is 20.9. The van der Waals surface area contributed by atoms with Gasteiger partial charge in [0.25, 0.3) is 5.91 Å². The summed E-state index contributed by atoms with van der Waals surface area (Å²) in [4.78, 5) is 14.3. The number of carbonyl (C=O) groups excluding carboxylic acids is 1. The standard InChI is InChI=1S/C24H27F4N3O3S/c1-15-5-2-6-16(13-15)18-8-3-7-17(21(18)25)14-20-19(30-35(29,34)24(26,27)28)9-12-31(20)22(32)23(33)10-4-11-23/h2-3,5-8,13,19-20,33H,4,9-12,14H2,1H3,(H2,29,30,34)/t19-,20-,35?/m0/s1/i4D2. The maximum atomic E-state index is 15.6. The van der Waals surface area contributed by atoms with Crippen LogP contribution in [-0.2, 0) is 21.1 Å². The Hall–Kier alpha value is -2.50. The van der Waals surface area contributed by atoms with Crippen LogP contribution in [-0.4, -0.2) is 49.9 Å². The number of hydrogen-bond donors (Lipinski definition) is 3. The summed E-state index contributed by atoms with van der Waals surface area (Å²) in [6, 6.07) is 9.21. The van der Waals surface area contributed by atoms with Crippen molar-refractivity contribution >= 4 is 15.8 Å². The number of halogens is 4. The number of nitrogens with zero attached hydrogens (tertiary/aromatic N) is 1. The minimum absolute atomic E-state index is 0.0925. The number of hydrogen-bond acceptors (Lipinski definition) is 4. The fraction of sp³-hybridized carbons (Fsp3) is 0.458. The molecule has 2 aromatic carbocycles. The molecule has 1 heterocycles. The molecule has 35 heavy (non-hydrogen) atoms. The first-order valence-electron chi connectivity index (χ1n) is 12.0. The lowest BCUT2D eigenvalue weighted by molar-refractivity contribution is -0.161. The lowest BCUT2D eigenvalue weighted by Gasteiger charge is -2.40. The van der Waals surface area contributed by atoms with E-state index in [0.717, 1.165) is 10.5 Å². The SMILES string of the molecule is [2H]C1([2H])CC(O)(C(=O)N2CC[C@H](NS(=N)(=O)C(F)(F)F)[C@@H]2Cc2cccc(-c3cccc(C)c3)c2F)C1. The van der Waals surface area contributed by atoms with Crippen molar-refractivity contribution in [2.45, 2.75) is 62.2 Å². The molecule has 1 saturated heterocycles. The van der Waals surface area contributed by atoms with Crippen molar-refractivity contribution < 1.29 is 34.4 Å². The highest BCUT2D eigenvalue weighted by Crippen LogP contribution is 2.37. The lowest BCUT2D eigenvalue weighted by Crippen LogP contribution is -2.57. The number of likely N-dealkylation sites (tertiary alicyclic amines) is 1. The highest BCUT2D eigenvalue weighted by Gasteiger charge is 2.51. The van der Waals surface area contributed by atoms with Gasteiger partial charge in [-0.1, -0.05) is 48.0 Å². The minimum atomic E-state index is -5.37. The molecular weight excluding hydrogens is 486 g/mol. The van der Waals surface area contributed by atoms with E-state index < -0.39 is 64.0 Å². The quantitative estimate of drug-likeness (QED) is 0.501. The van der Waals surface area contributed by atoms with E-state index in [2.05, 4.69) is 0 Å². The predicted molar refractivity (Wildman–Crippen MR) is 123 cm³/mol. The lowest BCUT2D eigenvalue weighted by atomic mass is 9.79. The average Bonchev–Trinajstić information content (AvgIpc) is 3.13. The molecular formula is C24H27F4N3O3S. The Morgan fingerprint density at radius 3 is 2.63 bits per heavy atom. The molecule has 1 aliphatic heterocycles. The van der Waals surface area contributed by atoms with E-state index in [1.807, 2.05) is 17.7 Å². The van der Waals surface area contributed by atoms with Gasteiger partial charge in [-0.25, -0.2) is 18.1 Å². The van der Waals surface area contributed by atoms with Crippen LogP contribution < -0.4 is 4.72 Å². The number of rotatable bonds is 6. The van der Waals surface area contributed by atoms with Crippen molar-refractivity contribution in [1.29, 1.82) is 4.78 Å². The second-order valence-corrected chi connectivity index (χ2v) is 10.9. The van der Waals surface area contributed by atoms with Gasteiger partial charge in [-0.3, -0.25) is 4.79 Å². The maximum Gasteiger partial charge on any atom is 0.492 e. The number of amides is 1. The summed E-state index contributed by atoms with van der Waals surface area (Å²) in [6.07, 6.45) is -3.11. The summed E-state index contributed by atoms with van der Waals surface area (Å²) in [5.41, 5.74) is -5.57. The van der Waals surface area contributed by atoms with Crippen LogP contribution in [0.3, 0.4) is 0 Å². The molecule has 3 atom stereocenters. The molecule has 3 N–H and O–H groups in total. The third kappa shape index (κ3) is 4.94. The molecule has 0 spiro atoms. The smallest absolute Gasteiger partial charge is 0.380 e. The van der Waals surface area contributed by atoms with Crippen molar-refractivity contribution in [3.8, 4) is 11.1 Å². The first-order chi connectivity index (χ1) is 17.0. The van der Waals surface area contributed by atoms with Gasteiger partial charge in [0.15, 0.2) is 0 Å². The molecule has 2 aromatic rings. The molecule has 4 rings (SSSR count). The molecule has 0 aromatic heterocycles. The average molecular weight is 516 g/mol. The Bertz CT molecular complexity index is 1310. The summed E-state index contributed by atoms with van der Waals surface area (Å²) >= 11 is 0. The van der Waals surface area contributed by atoms with Crippen LogP contribution in [0, 0.1) is 17.5 Å². The van der Waals surface area contributed by atoms with Crippen molar-refractivity contribution in [2.75, 3.05) is 6.54 Å². The van der Waals surface area contributed by atoms with Crippen LogP contribution in [0.5, 0.6) is 0 Å². The Balaban J connectivity index is 1.68. The van der Waals surface area contributed by atoms with Crippen LogP contribution in [0.4, 0.5) is 17.6 Å². The number of alkyl halides is 3. The summed E-state index contributed by atoms with van der Waals surface area (Å²) in [6.45, 7) is 1.70. The molecule has 1 aliphatic carbocycles. The molecule has 190 valence electrons. The van der Waals surface area contributed by atoms with Gasteiger partial charge < -0.3 is 10.0 Å². The predicted octanol–water partition coefficient (Wildman–Crippen LogP) is 4.30. The van der Waals surface area contributed by atoms with Crippen molar-refractivity contribution in [3.63, 3.8) is 0 Å². The van der Waals surface area contributed by atoms with E-state index in [0.29, 0.717) is 5.56 Å². The third-order valence-electron chi connectivity index (χ3n) is 6.52. The second-order valence-electron chi connectivity index (χ2n) is 9.07. The van der Waals surface area contributed by atoms with Gasteiger partial charge in [-0.15, -0.1) is 0 Å². The van der Waals surface area contributed by atoms with Crippen LogP contribution >= 0.6 is 0 Å². The molecule has 11 heteroatoms. The normalized spacial score (nSPS) is 25.8. The van der Waals surface area contributed by atoms with Gasteiger partial charge in [0.2, 0.25) is 9.92 Å². The molecule has 1 unspecified atom stereocenters. The molecule has 2 aliphatic rings. The zero-order chi connectivity index (χ0) is 27.4. The van der Waals surface area contributed by atoms with Crippen LogP contribution in [0.2, 0.25) is 0 Å². The molecule has 0 bridgehead atoms. The molecule has 1 saturated carbocycles. The van der Waals surface area contributed by atoms with Gasteiger partial charge in [-0.2, -0.15) is 13.2 Å². The van der Waals surface area contributed by atoms with E-state index >= 15 is 4.39 Å². The molecule has 1 amide bonds. The monoisotopic (exact) mass is 515 g/mol. The number of nitrogens with one attached hydrogen (secondary N) is 2. The van der Waals surface area contributed by atoms with Gasteiger partial charge in [0.1, 0.15) is 11.4 Å². The summed E-state index contributed by atoms with van der Waals surface area (Å²) < 4.78 is 91.9. The van der Waals surface area contributed by atoms with Crippen molar-refractivity contribution in [2.24, 2.45) is 0 Å². The largest absolute Gasteiger partial charge is 0.492 e. The number of aryl methyl sites for hydroxylation is 1. The Morgan fingerprint density at radius 2 is 2.00 bits per heavy atom. The van der Waals surface area contributed by atoms with Crippen LogP contribution in [0.15, 0.2) is 42.5 Å². The summed E-state index contributed by atoms with van der Waals surface area (Å²) in [5.74, 6) is -1.51. The topological polar surface area (TPSA) is 93.5 Å². The third-order valence-corrected chi connectivity index (χ3v) is 7.81. The Labute approximate surface area is 204 Å². The second kappa shape index (κ2) is 9.18. The molecule has 2 fully saturated rings. The van der Waals surface area contributed by atoms with E-state index in [4.69, 9.17) is 7.52 Å². The first-order valence-corrected chi connectivity index (χ1v) is 12.6.